The number of hydrogen-bond acceptors (Lipinski definition) is 4. The summed E-state index contributed by atoms with van der Waals surface area (Å²) in [6, 6.07) is 2.17. The molecular formula is C15H26BrN3OS. The summed E-state index contributed by atoms with van der Waals surface area (Å²) in [5.74, 6) is 0.510. The zero-order chi connectivity index (χ0) is 16.0. The van der Waals surface area contributed by atoms with Gasteiger partial charge < -0.3 is 11.1 Å². The summed E-state index contributed by atoms with van der Waals surface area (Å²) in [7, 11) is 1.96. The maximum atomic E-state index is 12.0. The van der Waals surface area contributed by atoms with Crippen LogP contribution in [0.5, 0.6) is 0 Å². The summed E-state index contributed by atoms with van der Waals surface area (Å²) in [6.07, 6.45) is 0.873. The molecule has 120 valence electrons. The van der Waals surface area contributed by atoms with Crippen LogP contribution in [-0.2, 0) is 4.79 Å². The van der Waals surface area contributed by atoms with E-state index in [0.717, 1.165) is 10.9 Å². The van der Waals surface area contributed by atoms with Gasteiger partial charge in [-0.3, -0.25) is 9.69 Å². The summed E-state index contributed by atoms with van der Waals surface area (Å²) < 4.78 is 1.06. The van der Waals surface area contributed by atoms with E-state index in [1.54, 1.807) is 11.3 Å². The number of amides is 1. The van der Waals surface area contributed by atoms with Crippen molar-refractivity contribution in [3.8, 4) is 0 Å². The molecule has 0 bridgehead atoms. The van der Waals surface area contributed by atoms with Crippen molar-refractivity contribution < 1.29 is 4.79 Å². The molecule has 21 heavy (non-hydrogen) atoms. The first-order valence-corrected chi connectivity index (χ1v) is 8.98. The van der Waals surface area contributed by atoms with Crippen LogP contribution in [0.2, 0.25) is 0 Å². The van der Waals surface area contributed by atoms with Gasteiger partial charge in [-0.25, -0.2) is 0 Å². The summed E-state index contributed by atoms with van der Waals surface area (Å²) in [5.41, 5.74) is 6.28. The first kappa shape index (κ1) is 18.6. The summed E-state index contributed by atoms with van der Waals surface area (Å²) in [6.45, 7) is 7.32. The van der Waals surface area contributed by atoms with Crippen molar-refractivity contribution in [2.24, 2.45) is 11.7 Å². The van der Waals surface area contributed by atoms with Crippen molar-refractivity contribution in [3.05, 3.63) is 20.8 Å². The Hall–Kier alpha value is -0.430. The van der Waals surface area contributed by atoms with E-state index in [1.807, 2.05) is 11.9 Å². The highest BCUT2D eigenvalue weighted by molar-refractivity contribution is 9.10. The first-order valence-electron chi connectivity index (χ1n) is 7.31. The van der Waals surface area contributed by atoms with E-state index in [9.17, 15) is 4.79 Å². The molecule has 0 fully saturated rings. The van der Waals surface area contributed by atoms with Gasteiger partial charge in [-0.05, 0) is 41.4 Å². The van der Waals surface area contributed by atoms with E-state index in [0.29, 0.717) is 19.0 Å². The Bertz CT molecular complexity index is 450. The fraction of sp³-hybridized carbons (Fsp3) is 0.667. The zero-order valence-corrected chi connectivity index (χ0v) is 15.6. The molecule has 1 heterocycles. The molecule has 4 nitrogen and oxygen atoms in total. The third-order valence-electron chi connectivity index (χ3n) is 3.33. The highest BCUT2D eigenvalue weighted by atomic mass is 79.9. The van der Waals surface area contributed by atoms with Gasteiger partial charge >= 0.3 is 0 Å². The summed E-state index contributed by atoms with van der Waals surface area (Å²) >= 11 is 5.16. The second-order valence-corrected chi connectivity index (χ2v) is 7.66. The van der Waals surface area contributed by atoms with E-state index in [4.69, 9.17) is 5.73 Å². The lowest BCUT2D eigenvalue weighted by atomic mass is 10.0. The van der Waals surface area contributed by atoms with Crippen molar-refractivity contribution in [2.45, 2.75) is 39.3 Å². The molecule has 2 unspecified atom stereocenters. The minimum atomic E-state index is 0.0125. The van der Waals surface area contributed by atoms with E-state index in [-0.39, 0.29) is 18.0 Å². The highest BCUT2D eigenvalue weighted by Crippen LogP contribution is 2.31. The molecule has 0 aromatic carbocycles. The minimum Gasteiger partial charge on any atom is -0.355 e. The average molecular weight is 376 g/mol. The molecule has 0 saturated carbocycles. The molecule has 6 heteroatoms. The molecule has 2 atom stereocenters. The predicted molar refractivity (Wildman–Crippen MR) is 93.5 cm³/mol. The Kier molecular flexibility index (Phi) is 7.87. The van der Waals surface area contributed by atoms with Crippen molar-refractivity contribution >= 4 is 33.2 Å². The average Bonchev–Trinajstić information content (AvgIpc) is 2.82. The standard InChI is InChI=1S/C15H26BrN3OS/c1-5-12(17)15(13-6-11(16)9-21-13)19(4)8-14(20)18-7-10(2)3/h6,9-10,12,15H,5,7-8,17H2,1-4H3,(H,18,20). The molecular weight excluding hydrogens is 350 g/mol. The molecule has 1 rings (SSSR count). The number of carbonyl (C=O) groups is 1. The number of thiophene rings is 1. The van der Waals surface area contributed by atoms with Gasteiger partial charge in [-0.15, -0.1) is 11.3 Å². The Balaban J connectivity index is 2.72. The number of hydrogen-bond donors (Lipinski definition) is 2. The molecule has 1 amide bonds. The molecule has 0 spiro atoms. The maximum absolute atomic E-state index is 12.0. The lowest BCUT2D eigenvalue weighted by Crippen LogP contribution is -2.43. The Morgan fingerprint density at radius 2 is 2.19 bits per heavy atom. The van der Waals surface area contributed by atoms with Crippen LogP contribution in [0.4, 0.5) is 0 Å². The Morgan fingerprint density at radius 1 is 1.52 bits per heavy atom. The number of carbonyl (C=O) groups excluding carboxylic acids is 1. The van der Waals surface area contributed by atoms with E-state index >= 15 is 0 Å². The first-order chi connectivity index (χ1) is 9.85. The fourth-order valence-electron chi connectivity index (χ4n) is 2.16. The number of nitrogens with zero attached hydrogens (tertiary/aromatic N) is 1. The third kappa shape index (κ3) is 6.06. The number of likely N-dealkylation sites (N-methyl/N-ethyl adjacent to an activating group) is 1. The van der Waals surface area contributed by atoms with Crippen molar-refractivity contribution in [2.75, 3.05) is 20.1 Å². The normalized spacial score (nSPS) is 14.5. The monoisotopic (exact) mass is 375 g/mol. The molecule has 1 aromatic heterocycles. The predicted octanol–water partition coefficient (Wildman–Crippen LogP) is 2.99. The Morgan fingerprint density at radius 3 is 2.67 bits per heavy atom. The highest BCUT2D eigenvalue weighted by Gasteiger charge is 2.26. The topological polar surface area (TPSA) is 58.4 Å². The molecule has 0 saturated heterocycles. The van der Waals surface area contributed by atoms with Crippen LogP contribution >= 0.6 is 27.3 Å². The second kappa shape index (κ2) is 8.88. The number of rotatable bonds is 8. The van der Waals surface area contributed by atoms with Gasteiger partial charge in [0.15, 0.2) is 0 Å². The lowest BCUT2D eigenvalue weighted by Gasteiger charge is -2.31. The third-order valence-corrected chi connectivity index (χ3v) is 5.10. The zero-order valence-electron chi connectivity index (χ0n) is 13.2. The molecule has 1 aromatic rings. The van der Waals surface area contributed by atoms with Crippen LogP contribution in [-0.4, -0.2) is 37.0 Å². The van der Waals surface area contributed by atoms with E-state index < -0.39 is 0 Å². The SMILES string of the molecule is CCC(N)C(c1cc(Br)cs1)N(C)CC(=O)NCC(C)C. The maximum Gasteiger partial charge on any atom is 0.234 e. The van der Waals surface area contributed by atoms with E-state index in [2.05, 4.69) is 53.5 Å². The van der Waals surface area contributed by atoms with Gasteiger partial charge in [0.2, 0.25) is 5.91 Å². The van der Waals surface area contributed by atoms with Gasteiger partial charge in [0.25, 0.3) is 0 Å². The van der Waals surface area contributed by atoms with Crippen molar-refractivity contribution in [1.82, 2.24) is 10.2 Å². The van der Waals surface area contributed by atoms with Crippen molar-refractivity contribution in [1.29, 1.82) is 0 Å². The van der Waals surface area contributed by atoms with Crippen LogP contribution in [0.1, 0.15) is 38.1 Å². The van der Waals surface area contributed by atoms with Crippen LogP contribution in [0.25, 0.3) is 0 Å². The van der Waals surface area contributed by atoms with Crippen LogP contribution in [0.15, 0.2) is 15.9 Å². The second-order valence-electron chi connectivity index (χ2n) is 5.80. The van der Waals surface area contributed by atoms with Crippen LogP contribution in [0.3, 0.4) is 0 Å². The largest absolute Gasteiger partial charge is 0.355 e. The number of nitrogens with one attached hydrogen (secondary N) is 1. The summed E-state index contributed by atoms with van der Waals surface area (Å²) in [5, 5.41) is 5.01. The van der Waals surface area contributed by atoms with Gasteiger partial charge in [-0.1, -0.05) is 20.8 Å². The number of halogens is 1. The van der Waals surface area contributed by atoms with Gasteiger partial charge in [0.1, 0.15) is 0 Å². The van der Waals surface area contributed by atoms with Gasteiger partial charge in [-0.2, -0.15) is 0 Å². The lowest BCUT2D eigenvalue weighted by molar-refractivity contribution is -0.122. The minimum absolute atomic E-state index is 0.0125. The van der Waals surface area contributed by atoms with Crippen molar-refractivity contribution in [3.63, 3.8) is 0 Å². The molecule has 0 aliphatic heterocycles. The number of nitrogens with two attached hydrogens (primary N) is 1. The molecule has 0 aliphatic carbocycles. The van der Waals surface area contributed by atoms with Gasteiger partial charge in [0.05, 0.1) is 12.6 Å². The molecule has 3 N–H and O–H groups in total. The van der Waals surface area contributed by atoms with Crippen LogP contribution < -0.4 is 11.1 Å². The van der Waals surface area contributed by atoms with E-state index in [1.165, 1.54) is 4.88 Å². The quantitative estimate of drug-likeness (QED) is 0.733. The molecule has 0 aliphatic rings. The smallest absolute Gasteiger partial charge is 0.234 e. The molecule has 0 radical (unpaired) electrons. The van der Waals surface area contributed by atoms with Crippen LogP contribution in [0, 0.1) is 5.92 Å². The fourth-order valence-corrected chi connectivity index (χ4v) is 3.84. The Labute approximate surface area is 140 Å². The summed E-state index contributed by atoms with van der Waals surface area (Å²) in [4.78, 5) is 15.2. The van der Waals surface area contributed by atoms with Gasteiger partial charge in [0, 0.05) is 27.3 Å².